The highest BCUT2D eigenvalue weighted by atomic mass is 16.5. The monoisotopic (exact) mass is 602 g/mol. The van der Waals surface area contributed by atoms with E-state index in [1.165, 1.54) is 43.5 Å². The van der Waals surface area contributed by atoms with Crippen LogP contribution in [0.15, 0.2) is 54.6 Å². The summed E-state index contributed by atoms with van der Waals surface area (Å²) in [6.45, 7) is 16.9. The van der Waals surface area contributed by atoms with Crippen molar-refractivity contribution in [3.05, 3.63) is 65.7 Å². The van der Waals surface area contributed by atoms with Crippen LogP contribution < -0.4 is 4.74 Å². The smallest absolute Gasteiger partial charge is 0.376 e. The number of hydrogen-bond donors (Lipinski definition) is 1. The molecule has 3 aliphatic rings. The standard InChI is InChI=1S/C36H55BN4O3/c1-36(2,3)33-28-39(23-24-41(33)34(42)27-29-17-21-40(22-18-29)37(4)43)35(30-11-7-5-8-12-30)31-13-15-32(16-14-31)44-26-25-38-19-9-6-10-20-38/h5,7-8,11-16,29,33,35,43H,6,9-10,17-28H2,1-4H3/t33-,35?/m1/s1. The Morgan fingerprint density at radius 3 is 2.20 bits per heavy atom. The molecule has 1 N–H and O–H groups in total. The molecule has 8 heteroatoms. The number of ether oxygens (including phenoxy) is 1. The van der Waals surface area contributed by atoms with Gasteiger partial charge in [-0.2, -0.15) is 0 Å². The number of piperazine rings is 1. The van der Waals surface area contributed by atoms with Gasteiger partial charge in [0.15, 0.2) is 0 Å². The van der Waals surface area contributed by atoms with Crippen molar-refractivity contribution in [1.82, 2.24) is 19.5 Å². The van der Waals surface area contributed by atoms with Crippen molar-refractivity contribution in [2.75, 3.05) is 59.0 Å². The molecule has 2 aromatic rings. The van der Waals surface area contributed by atoms with Gasteiger partial charge in [0.1, 0.15) is 12.4 Å². The van der Waals surface area contributed by atoms with Gasteiger partial charge in [0.25, 0.3) is 0 Å². The average Bonchev–Trinajstić information content (AvgIpc) is 3.03. The number of nitrogens with zero attached hydrogens (tertiary/aromatic N) is 4. The Labute approximate surface area is 266 Å². The van der Waals surface area contributed by atoms with E-state index >= 15 is 0 Å². The van der Waals surface area contributed by atoms with Crippen molar-refractivity contribution in [2.45, 2.75) is 78.2 Å². The van der Waals surface area contributed by atoms with E-state index in [0.717, 1.165) is 64.5 Å². The Balaban J connectivity index is 1.26. The molecule has 7 nitrogen and oxygen atoms in total. The zero-order valence-corrected chi connectivity index (χ0v) is 27.7. The van der Waals surface area contributed by atoms with Crippen LogP contribution in [0.2, 0.25) is 6.82 Å². The molecule has 2 aromatic carbocycles. The summed E-state index contributed by atoms with van der Waals surface area (Å²) >= 11 is 0. The van der Waals surface area contributed by atoms with Gasteiger partial charge in [0.2, 0.25) is 5.91 Å². The summed E-state index contributed by atoms with van der Waals surface area (Å²) in [6, 6.07) is 19.8. The lowest BCUT2D eigenvalue weighted by atomic mass is 9.80. The van der Waals surface area contributed by atoms with E-state index in [1.807, 2.05) is 6.82 Å². The minimum absolute atomic E-state index is 0.0443. The van der Waals surface area contributed by atoms with Crippen LogP contribution in [-0.2, 0) is 4.79 Å². The van der Waals surface area contributed by atoms with E-state index in [2.05, 4.69) is 94.9 Å². The first-order chi connectivity index (χ1) is 21.2. The van der Waals surface area contributed by atoms with Crippen molar-refractivity contribution in [3.63, 3.8) is 0 Å². The molecule has 0 spiro atoms. The zero-order valence-electron chi connectivity index (χ0n) is 27.7. The highest BCUT2D eigenvalue weighted by Crippen LogP contribution is 2.36. The number of rotatable bonds is 10. The second-order valence-electron chi connectivity index (χ2n) is 14.4. The summed E-state index contributed by atoms with van der Waals surface area (Å²) in [7, 11) is -0.407. The van der Waals surface area contributed by atoms with Crippen LogP contribution in [-0.4, -0.2) is 102 Å². The molecule has 0 bridgehead atoms. The fourth-order valence-corrected chi connectivity index (χ4v) is 7.44. The molecule has 3 heterocycles. The van der Waals surface area contributed by atoms with E-state index in [-0.39, 0.29) is 17.5 Å². The minimum Gasteiger partial charge on any atom is -0.492 e. The molecule has 0 aliphatic carbocycles. The van der Waals surface area contributed by atoms with E-state index in [1.54, 1.807) is 0 Å². The van der Waals surface area contributed by atoms with E-state index in [0.29, 0.717) is 18.2 Å². The van der Waals surface area contributed by atoms with Crippen LogP contribution in [0.1, 0.15) is 76.5 Å². The lowest BCUT2D eigenvalue weighted by Crippen LogP contribution is -2.60. The van der Waals surface area contributed by atoms with Crippen LogP contribution >= 0.6 is 0 Å². The number of carbonyl (C=O) groups is 1. The molecule has 44 heavy (non-hydrogen) atoms. The number of carbonyl (C=O) groups excluding carboxylic acids is 1. The minimum atomic E-state index is -0.407. The molecular weight excluding hydrogens is 547 g/mol. The van der Waals surface area contributed by atoms with Gasteiger partial charge in [0, 0.05) is 38.6 Å². The quantitative estimate of drug-likeness (QED) is 0.367. The molecule has 1 unspecified atom stereocenters. The summed E-state index contributed by atoms with van der Waals surface area (Å²) in [5.74, 6) is 1.62. The lowest BCUT2D eigenvalue weighted by Gasteiger charge is -2.50. The van der Waals surface area contributed by atoms with Gasteiger partial charge in [-0.25, -0.2) is 0 Å². The molecule has 0 aromatic heterocycles. The topological polar surface area (TPSA) is 59.5 Å². The third kappa shape index (κ3) is 8.65. The third-order valence-corrected chi connectivity index (χ3v) is 10.2. The molecule has 0 radical (unpaired) electrons. The normalized spacial score (nSPS) is 22.1. The van der Waals surface area contributed by atoms with E-state index < -0.39 is 7.05 Å². The summed E-state index contributed by atoms with van der Waals surface area (Å²) in [5, 5.41) is 9.94. The molecule has 3 aliphatic heterocycles. The number of likely N-dealkylation sites (tertiary alicyclic amines) is 1. The van der Waals surface area contributed by atoms with Gasteiger partial charge < -0.3 is 19.5 Å². The first kappa shape index (κ1) is 33.0. The highest BCUT2D eigenvalue weighted by Gasteiger charge is 2.41. The molecule has 0 saturated carbocycles. The second kappa shape index (κ2) is 15.3. The molecule has 5 rings (SSSR count). The van der Waals surface area contributed by atoms with Crippen LogP contribution in [0.5, 0.6) is 5.75 Å². The van der Waals surface area contributed by atoms with Crippen LogP contribution in [0.3, 0.4) is 0 Å². The molecule has 1 amide bonds. The highest BCUT2D eigenvalue weighted by molar-refractivity contribution is 6.45. The summed E-state index contributed by atoms with van der Waals surface area (Å²) in [4.78, 5) is 23.2. The number of amides is 1. The molecular formula is C36H55BN4O3. The fourth-order valence-electron chi connectivity index (χ4n) is 7.44. The van der Waals surface area contributed by atoms with Crippen molar-refractivity contribution >= 4 is 13.0 Å². The van der Waals surface area contributed by atoms with Crippen LogP contribution in [0, 0.1) is 11.3 Å². The Hall–Kier alpha value is -2.39. The Morgan fingerprint density at radius 1 is 0.909 bits per heavy atom. The third-order valence-electron chi connectivity index (χ3n) is 10.2. The van der Waals surface area contributed by atoms with Crippen LogP contribution in [0.4, 0.5) is 0 Å². The van der Waals surface area contributed by atoms with Crippen molar-refractivity contribution in [3.8, 4) is 5.75 Å². The zero-order chi connectivity index (χ0) is 31.1. The molecule has 3 saturated heterocycles. The summed E-state index contributed by atoms with van der Waals surface area (Å²) in [6.07, 6.45) is 6.53. The van der Waals surface area contributed by atoms with Crippen molar-refractivity contribution in [2.24, 2.45) is 11.3 Å². The predicted molar refractivity (Wildman–Crippen MR) is 180 cm³/mol. The second-order valence-corrected chi connectivity index (χ2v) is 14.4. The van der Waals surface area contributed by atoms with Gasteiger partial charge in [-0.3, -0.25) is 14.6 Å². The van der Waals surface area contributed by atoms with Crippen LogP contribution in [0.25, 0.3) is 0 Å². The van der Waals surface area contributed by atoms with Gasteiger partial charge in [-0.05, 0) is 93.3 Å². The maximum atomic E-state index is 13.8. The van der Waals surface area contributed by atoms with Crippen molar-refractivity contribution < 1.29 is 14.6 Å². The Kier molecular flexibility index (Phi) is 11.4. The van der Waals surface area contributed by atoms with Gasteiger partial charge in [-0.15, -0.1) is 0 Å². The molecule has 2 atom stereocenters. The van der Waals surface area contributed by atoms with Crippen molar-refractivity contribution in [1.29, 1.82) is 0 Å². The number of piperidine rings is 2. The van der Waals surface area contributed by atoms with Gasteiger partial charge >= 0.3 is 7.05 Å². The maximum absolute atomic E-state index is 13.8. The van der Waals surface area contributed by atoms with E-state index in [4.69, 9.17) is 4.74 Å². The molecule has 3 fully saturated rings. The average molecular weight is 603 g/mol. The number of hydrogen-bond acceptors (Lipinski definition) is 6. The summed E-state index contributed by atoms with van der Waals surface area (Å²) < 4.78 is 6.16. The van der Waals surface area contributed by atoms with Gasteiger partial charge in [-0.1, -0.05) is 69.7 Å². The first-order valence-electron chi connectivity index (χ1n) is 17.1. The fraction of sp³-hybridized carbons (Fsp3) is 0.639. The lowest BCUT2D eigenvalue weighted by molar-refractivity contribution is -0.141. The maximum Gasteiger partial charge on any atom is 0.376 e. The largest absolute Gasteiger partial charge is 0.492 e. The summed E-state index contributed by atoms with van der Waals surface area (Å²) in [5.41, 5.74) is 2.50. The van der Waals surface area contributed by atoms with Gasteiger partial charge in [0.05, 0.1) is 6.04 Å². The number of benzene rings is 2. The predicted octanol–water partition coefficient (Wildman–Crippen LogP) is 5.41. The van der Waals surface area contributed by atoms with E-state index in [9.17, 15) is 9.82 Å². The Bertz CT molecular complexity index is 1160. The molecule has 240 valence electrons. The Morgan fingerprint density at radius 2 is 1.57 bits per heavy atom. The first-order valence-corrected chi connectivity index (χ1v) is 17.1. The SMILES string of the molecule is CB(O)N1CCC(CC(=O)N2CCN(C(c3ccccc3)c3ccc(OCCN4CCCCC4)cc3)C[C@@H]2C(C)(C)C)CC1.